The van der Waals surface area contributed by atoms with E-state index in [1.54, 1.807) is 6.92 Å². The molecule has 2 aromatic rings. The molecule has 2 N–H and O–H groups in total. The smallest absolute Gasteiger partial charge is 0.325 e. The van der Waals surface area contributed by atoms with Gasteiger partial charge in [-0.05, 0) is 31.4 Å². The number of urea groups is 1. The molecular formula is C21H23N3O3. The monoisotopic (exact) mass is 365 g/mol. The van der Waals surface area contributed by atoms with Crippen molar-refractivity contribution in [2.24, 2.45) is 0 Å². The van der Waals surface area contributed by atoms with Crippen LogP contribution in [0.15, 0.2) is 54.6 Å². The maximum absolute atomic E-state index is 12.8. The van der Waals surface area contributed by atoms with E-state index >= 15 is 0 Å². The summed E-state index contributed by atoms with van der Waals surface area (Å²) in [4.78, 5) is 38.3. The molecule has 1 fully saturated rings. The molecule has 1 heterocycles. The van der Waals surface area contributed by atoms with Gasteiger partial charge < -0.3 is 10.6 Å². The summed E-state index contributed by atoms with van der Waals surface area (Å²) in [6, 6.07) is 16.6. The summed E-state index contributed by atoms with van der Waals surface area (Å²) in [5, 5.41) is 5.47. The number of carbonyl (C=O) groups is 3. The van der Waals surface area contributed by atoms with Crippen LogP contribution in [0.25, 0.3) is 0 Å². The van der Waals surface area contributed by atoms with Crippen LogP contribution in [0.4, 0.5) is 4.79 Å². The van der Waals surface area contributed by atoms with Gasteiger partial charge in [-0.2, -0.15) is 0 Å². The van der Waals surface area contributed by atoms with Gasteiger partial charge in [-0.1, -0.05) is 60.2 Å². The quantitative estimate of drug-likeness (QED) is 0.770. The minimum atomic E-state index is -1.16. The van der Waals surface area contributed by atoms with Gasteiger partial charge in [0.2, 0.25) is 5.91 Å². The van der Waals surface area contributed by atoms with Crippen LogP contribution in [0.3, 0.4) is 0 Å². The van der Waals surface area contributed by atoms with E-state index in [2.05, 4.69) is 10.6 Å². The molecule has 0 saturated carbocycles. The molecule has 27 heavy (non-hydrogen) atoms. The highest BCUT2D eigenvalue weighted by atomic mass is 16.2. The minimum Gasteiger partial charge on any atom is -0.354 e. The molecule has 1 saturated heterocycles. The summed E-state index contributed by atoms with van der Waals surface area (Å²) < 4.78 is 0. The predicted molar refractivity (Wildman–Crippen MR) is 102 cm³/mol. The fraction of sp³-hybridized carbons (Fsp3) is 0.286. The highest BCUT2D eigenvalue weighted by Gasteiger charge is 2.49. The van der Waals surface area contributed by atoms with Crippen LogP contribution in [-0.2, 0) is 21.5 Å². The zero-order valence-corrected chi connectivity index (χ0v) is 15.5. The lowest BCUT2D eigenvalue weighted by atomic mass is 9.91. The highest BCUT2D eigenvalue weighted by Crippen LogP contribution is 2.28. The highest BCUT2D eigenvalue weighted by molar-refractivity contribution is 6.09. The lowest BCUT2D eigenvalue weighted by Crippen LogP contribution is -2.43. The van der Waals surface area contributed by atoms with Crippen molar-refractivity contribution in [3.63, 3.8) is 0 Å². The summed E-state index contributed by atoms with van der Waals surface area (Å²) in [5.41, 5.74) is 1.71. The van der Waals surface area contributed by atoms with Gasteiger partial charge in [-0.25, -0.2) is 4.79 Å². The third-order valence-corrected chi connectivity index (χ3v) is 4.78. The van der Waals surface area contributed by atoms with E-state index in [1.807, 2.05) is 61.5 Å². The number of hydrogen-bond donors (Lipinski definition) is 2. The molecule has 0 aliphatic carbocycles. The van der Waals surface area contributed by atoms with Gasteiger partial charge in [0.15, 0.2) is 0 Å². The fourth-order valence-corrected chi connectivity index (χ4v) is 3.11. The normalized spacial score (nSPS) is 19.1. The van der Waals surface area contributed by atoms with E-state index in [4.69, 9.17) is 0 Å². The molecule has 0 unspecified atom stereocenters. The van der Waals surface area contributed by atoms with Crippen molar-refractivity contribution in [3.8, 4) is 0 Å². The zero-order chi connectivity index (χ0) is 19.4. The molecule has 1 aliphatic heterocycles. The average molecular weight is 365 g/mol. The Morgan fingerprint density at radius 3 is 2.41 bits per heavy atom. The van der Waals surface area contributed by atoms with Crippen molar-refractivity contribution < 1.29 is 14.4 Å². The van der Waals surface area contributed by atoms with Gasteiger partial charge in [-0.3, -0.25) is 14.5 Å². The van der Waals surface area contributed by atoms with Crippen molar-refractivity contribution >= 4 is 17.8 Å². The van der Waals surface area contributed by atoms with E-state index in [9.17, 15) is 14.4 Å². The maximum Gasteiger partial charge on any atom is 0.325 e. The van der Waals surface area contributed by atoms with E-state index in [-0.39, 0.29) is 12.5 Å². The first kappa shape index (κ1) is 18.6. The average Bonchev–Trinajstić information content (AvgIpc) is 2.87. The summed E-state index contributed by atoms with van der Waals surface area (Å²) in [7, 11) is 0. The largest absolute Gasteiger partial charge is 0.354 e. The second-order valence-corrected chi connectivity index (χ2v) is 6.90. The first-order valence-corrected chi connectivity index (χ1v) is 8.92. The number of imide groups is 1. The lowest BCUT2D eigenvalue weighted by molar-refractivity contribution is -0.134. The van der Waals surface area contributed by atoms with Gasteiger partial charge in [0, 0.05) is 6.54 Å². The number of rotatable bonds is 6. The molecular weight excluding hydrogens is 342 g/mol. The number of aryl methyl sites for hydroxylation is 1. The Bertz CT molecular complexity index is 849. The van der Waals surface area contributed by atoms with Gasteiger partial charge >= 0.3 is 6.03 Å². The molecule has 1 aliphatic rings. The van der Waals surface area contributed by atoms with Crippen LogP contribution in [0.5, 0.6) is 0 Å². The van der Waals surface area contributed by atoms with Crippen molar-refractivity contribution in [1.82, 2.24) is 15.5 Å². The third-order valence-electron chi connectivity index (χ3n) is 4.78. The topological polar surface area (TPSA) is 78.5 Å². The number of carbonyl (C=O) groups excluding carboxylic acids is 3. The van der Waals surface area contributed by atoms with E-state index in [0.29, 0.717) is 18.5 Å². The van der Waals surface area contributed by atoms with Crippen LogP contribution in [0, 0.1) is 6.92 Å². The molecule has 0 aromatic heterocycles. The van der Waals surface area contributed by atoms with Gasteiger partial charge in [0.1, 0.15) is 12.1 Å². The molecule has 0 spiro atoms. The summed E-state index contributed by atoms with van der Waals surface area (Å²) in [6.07, 6.45) is 0.688. The maximum atomic E-state index is 12.8. The van der Waals surface area contributed by atoms with E-state index < -0.39 is 17.5 Å². The van der Waals surface area contributed by atoms with Crippen LogP contribution in [0.2, 0.25) is 0 Å². The Morgan fingerprint density at radius 2 is 1.74 bits per heavy atom. The zero-order valence-electron chi connectivity index (χ0n) is 15.5. The lowest BCUT2D eigenvalue weighted by Gasteiger charge is -2.22. The van der Waals surface area contributed by atoms with Crippen molar-refractivity contribution in [3.05, 3.63) is 71.3 Å². The van der Waals surface area contributed by atoms with Crippen LogP contribution in [-0.4, -0.2) is 35.8 Å². The van der Waals surface area contributed by atoms with Crippen LogP contribution < -0.4 is 10.6 Å². The first-order valence-electron chi connectivity index (χ1n) is 8.92. The SMILES string of the molecule is Cc1ccc([C@]2(C)NC(=O)N(CC(=O)NCCc3ccccc3)C2=O)cc1. The molecule has 140 valence electrons. The molecule has 0 bridgehead atoms. The molecule has 6 nitrogen and oxygen atoms in total. The molecule has 4 amide bonds. The second-order valence-electron chi connectivity index (χ2n) is 6.90. The predicted octanol–water partition coefficient (Wildman–Crippen LogP) is 2.12. The van der Waals surface area contributed by atoms with Crippen LogP contribution in [0.1, 0.15) is 23.6 Å². The minimum absolute atomic E-state index is 0.291. The van der Waals surface area contributed by atoms with Gasteiger partial charge in [0.25, 0.3) is 5.91 Å². The van der Waals surface area contributed by atoms with Gasteiger partial charge in [0.05, 0.1) is 0 Å². The van der Waals surface area contributed by atoms with Crippen molar-refractivity contribution in [2.45, 2.75) is 25.8 Å². The van der Waals surface area contributed by atoms with Crippen LogP contribution >= 0.6 is 0 Å². The molecule has 0 radical (unpaired) electrons. The molecule has 6 heteroatoms. The van der Waals surface area contributed by atoms with Crippen molar-refractivity contribution in [2.75, 3.05) is 13.1 Å². The molecule has 3 rings (SSSR count). The Balaban J connectivity index is 1.60. The number of amides is 4. The van der Waals surface area contributed by atoms with Gasteiger partial charge in [-0.15, -0.1) is 0 Å². The number of benzene rings is 2. The summed E-state index contributed by atoms with van der Waals surface area (Å²) >= 11 is 0. The molecule has 1 atom stereocenters. The Kier molecular flexibility index (Phi) is 5.26. The van der Waals surface area contributed by atoms with E-state index in [0.717, 1.165) is 16.0 Å². The standard InChI is InChI=1S/C21H23N3O3/c1-15-8-10-17(11-9-15)21(2)19(26)24(20(27)23-21)14-18(25)22-13-12-16-6-4-3-5-7-16/h3-11H,12-14H2,1-2H3,(H,22,25)(H,23,27)/t21-/m0/s1. The Morgan fingerprint density at radius 1 is 1.07 bits per heavy atom. The summed E-state index contributed by atoms with van der Waals surface area (Å²) in [5.74, 6) is -0.780. The van der Waals surface area contributed by atoms with Crippen molar-refractivity contribution in [1.29, 1.82) is 0 Å². The Labute approximate surface area is 158 Å². The summed E-state index contributed by atoms with van der Waals surface area (Å²) in [6.45, 7) is 3.76. The Hall–Kier alpha value is -3.15. The van der Waals surface area contributed by atoms with E-state index in [1.165, 1.54) is 0 Å². The number of hydrogen-bond acceptors (Lipinski definition) is 3. The molecule has 2 aromatic carbocycles. The fourth-order valence-electron chi connectivity index (χ4n) is 3.11. The first-order chi connectivity index (χ1) is 12.9. The second kappa shape index (κ2) is 7.61. The number of nitrogens with zero attached hydrogens (tertiary/aromatic N) is 1. The number of nitrogens with one attached hydrogen (secondary N) is 2. The third kappa shape index (κ3) is 4.00.